The van der Waals surface area contributed by atoms with Crippen LogP contribution in [0.5, 0.6) is 5.75 Å². The molecule has 0 bridgehead atoms. The lowest BCUT2D eigenvalue weighted by molar-refractivity contribution is -0.134. The minimum absolute atomic E-state index is 0.0461. The first kappa shape index (κ1) is 26.9. The van der Waals surface area contributed by atoms with E-state index < -0.39 is 6.03 Å². The Morgan fingerprint density at radius 2 is 1.84 bits per heavy atom. The number of anilines is 2. The molecule has 1 saturated carbocycles. The van der Waals surface area contributed by atoms with Gasteiger partial charge in [-0.3, -0.25) is 4.79 Å². The molecule has 1 heterocycles. The molecular formula is C28H37FN4O4. The van der Waals surface area contributed by atoms with Crippen LogP contribution in [0.3, 0.4) is 0 Å². The number of rotatable bonds is 8. The summed E-state index contributed by atoms with van der Waals surface area (Å²) >= 11 is 0. The summed E-state index contributed by atoms with van der Waals surface area (Å²) in [6.45, 7) is 6.05. The van der Waals surface area contributed by atoms with E-state index in [4.69, 9.17) is 4.74 Å². The maximum Gasteiger partial charge on any atom is 0.323 e. The molecule has 0 saturated heterocycles. The highest BCUT2D eigenvalue weighted by atomic mass is 19.1. The highest BCUT2D eigenvalue weighted by Gasteiger charge is 2.32. The van der Waals surface area contributed by atoms with Gasteiger partial charge in [0.25, 0.3) is 0 Å². The third-order valence-electron chi connectivity index (χ3n) is 7.03. The smallest absolute Gasteiger partial charge is 0.323 e. The molecule has 4 rings (SSSR count). The van der Waals surface area contributed by atoms with Crippen LogP contribution in [0.2, 0.25) is 0 Å². The maximum atomic E-state index is 13.3. The van der Waals surface area contributed by atoms with Crippen molar-refractivity contribution in [3.05, 3.63) is 53.8 Å². The van der Waals surface area contributed by atoms with E-state index in [0.29, 0.717) is 29.2 Å². The average molecular weight is 513 g/mol. The van der Waals surface area contributed by atoms with Gasteiger partial charge in [0, 0.05) is 42.5 Å². The summed E-state index contributed by atoms with van der Waals surface area (Å²) in [4.78, 5) is 29.9. The van der Waals surface area contributed by atoms with Crippen LogP contribution in [0.25, 0.3) is 0 Å². The Labute approximate surface area is 217 Å². The van der Waals surface area contributed by atoms with Crippen molar-refractivity contribution >= 4 is 23.3 Å². The van der Waals surface area contributed by atoms with Crippen molar-refractivity contribution in [2.24, 2.45) is 11.8 Å². The van der Waals surface area contributed by atoms with E-state index in [-0.39, 0.29) is 42.8 Å². The standard InChI is InChI=1S/C28H37FN4O4/c1-18-14-33(19(2)17-34)27(35)13-21-12-24(31-28(36)30-23-8-6-22(29)7-9-23)10-11-25(21)37-26(18)16-32(3)15-20-4-5-20/h6-12,18-20,26,34H,4-5,13-17H2,1-3H3,(H2,30,31,36)/t18-,19-,26-/m1/s1. The minimum atomic E-state index is -0.481. The van der Waals surface area contributed by atoms with Crippen LogP contribution in [0.15, 0.2) is 42.5 Å². The Morgan fingerprint density at radius 1 is 1.16 bits per heavy atom. The molecule has 37 heavy (non-hydrogen) atoms. The van der Waals surface area contributed by atoms with Gasteiger partial charge in [0.05, 0.1) is 19.1 Å². The Morgan fingerprint density at radius 3 is 2.51 bits per heavy atom. The number of benzene rings is 2. The summed E-state index contributed by atoms with van der Waals surface area (Å²) in [6, 6.07) is 9.98. The molecule has 3 atom stereocenters. The molecule has 0 unspecified atom stereocenters. The van der Waals surface area contributed by atoms with E-state index in [0.717, 1.165) is 19.0 Å². The number of urea groups is 1. The molecular weight excluding hydrogens is 475 g/mol. The van der Waals surface area contributed by atoms with Gasteiger partial charge in [0.2, 0.25) is 5.91 Å². The van der Waals surface area contributed by atoms with Crippen LogP contribution in [0.4, 0.5) is 20.6 Å². The van der Waals surface area contributed by atoms with Crippen LogP contribution >= 0.6 is 0 Å². The van der Waals surface area contributed by atoms with E-state index in [2.05, 4.69) is 29.5 Å². The monoisotopic (exact) mass is 512 g/mol. The number of nitrogens with zero attached hydrogens (tertiary/aromatic N) is 2. The van der Waals surface area contributed by atoms with Gasteiger partial charge in [-0.2, -0.15) is 0 Å². The summed E-state index contributed by atoms with van der Waals surface area (Å²) < 4.78 is 19.7. The number of aliphatic hydroxyl groups is 1. The molecule has 2 aliphatic rings. The lowest BCUT2D eigenvalue weighted by Crippen LogP contribution is -2.47. The molecule has 3 amide bonds. The van der Waals surface area contributed by atoms with Crippen molar-refractivity contribution in [1.82, 2.24) is 9.80 Å². The van der Waals surface area contributed by atoms with Gasteiger partial charge in [0.15, 0.2) is 0 Å². The van der Waals surface area contributed by atoms with Crippen molar-refractivity contribution in [2.75, 3.05) is 43.9 Å². The van der Waals surface area contributed by atoms with E-state index in [1.807, 2.05) is 6.92 Å². The van der Waals surface area contributed by atoms with Crippen LogP contribution < -0.4 is 15.4 Å². The summed E-state index contributed by atoms with van der Waals surface area (Å²) in [7, 11) is 2.11. The Balaban J connectivity index is 1.54. The van der Waals surface area contributed by atoms with Gasteiger partial charge < -0.3 is 30.3 Å². The summed E-state index contributed by atoms with van der Waals surface area (Å²) in [5.41, 5.74) is 1.64. The fourth-order valence-corrected chi connectivity index (χ4v) is 4.67. The van der Waals surface area contributed by atoms with Crippen LogP contribution in [-0.4, -0.2) is 72.3 Å². The second-order valence-corrected chi connectivity index (χ2v) is 10.5. The number of aliphatic hydroxyl groups excluding tert-OH is 1. The number of likely N-dealkylation sites (N-methyl/N-ethyl adjacent to an activating group) is 1. The largest absolute Gasteiger partial charge is 0.488 e. The fraction of sp³-hybridized carbons (Fsp3) is 0.500. The van der Waals surface area contributed by atoms with Crippen LogP contribution in [0.1, 0.15) is 32.3 Å². The Hall–Kier alpha value is -3.17. The first-order valence-corrected chi connectivity index (χ1v) is 12.9. The number of carbonyl (C=O) groups is 2. The first-order chi connectivity index (χ1) is 17.7. The number of carbonyl (C=O) groups excluding carboxylic acids is 2. The molecule has 0 aromatic heterocycles. The molecule has 2 aromatic rings. The van der Waals surface area contributed by atoms with Gasteiger partial charge in [-0.05, 0) is 75.2 Å². The number of hydrogen-bond acceptors (Lipinski definition) is 5. The molecule has 200 valence electrons. The van der Waals surface area contributed by atoms with Crippen molar-refractivity contribution in [3.63, 3.8) is 0 Å². The zero-order chi connectivity index (χ0) is 26.5. The zero-order valence-corrected chi connectivity index (χ0v) is 21.7. The molecule has 1 aliphatic heterocycles. The summed E-state index contributed by atoms with van der Waals surface area (Å²) in [5, 5.41) is 15.2. The van der Waals surface area contributed by atoms with Crippen molar-refractivity contribution in [2.45, 2.75) is 45.3 Å². The van der Waals surface area contributed by atoms with Gasteiger partial charge in [-0.15, -0.1) is 0 Å². The Bertz CT molecular complexity index is 1090. The van der Waals surface area contributed by atoms with Crippen molar-refractivity contribution < 1.29 is 23.8 Å². The molecule has 9 heteroatoms. The molecule has 3 N–H and O–H groups in total. The van der Waals surface area contributed by atoms with E-state index in [9.17, 15) is 19.1 Å². The molecule has 8 nitrogen and oxygen atoms in total. The number of halogens is 1. The second kappa shape index (κ2) is 11.9. The summed E-state index contributed by atoms with van der Waals surface area (Å²) in [5.74, 6) is 0.936. The van der Waals surface area contributed by atoms with Crippen molar-refractivity contribution in [1.29, 1.82) is 0 Å². The molecule has 2 aromatic carbocycles. The lowest BCUT2D eigenvalue weighted by Gasteiger charge is -2.34. The molecule has 0 spiro atoms. The molecule has 1 fully saturated rings. The maximum absolute atomic E-state index is 13.3. The third kappa shape index (κ3) is 7.42. The number of amides is 3. The Kier molecular flexibility index (Phi) is 8.66. The minimum Gasteiger partial charge on any atom is -0.488 e. The highest BCUT2D eigenvalue weighted by molar-refractivity contribution is 5.99. The average Bonchev–Trinajstić information content (AvgIpc) is 3.67. The lowest BCUT2D eigenvalue weighted by atomic mass is 10.0. The number of hydrogen-bond donors (Lipinski definition) is 3. The van der Waals surface area contributed by atoms with E-state index >= 15 is 0 Å². The highest BCUT2D eigenvalue weighted by Crippen LogP contribution is 2.31. The SMILES string of the molecule is C[C@@H]1CN([C@H](C)CO)C(=O)Cc2cc(NC(=O)Nc3ccc(F)cc3)ccc2O[C@@H]1CN(C)CC1CC1. The number of nitrogens with one attached hydrogen (secondary N) is 2. The van der Waals surface area contributed by atoms with E-state index in [1.165, 1.54) is 37.1 Å². The van der Waals surface area contributed by atoms with Crippen molar-refractivity contribution in [3.8, 4) is 5.75 Å². The molecule has 0 radical (unpaired) electrons. The second-order valence-electron chi connectivity index (χ2n) is 10.5. The summed E-state index contributed by atoms with van der Waals surface area (Å²) in [6.07, 6.45) is 2.48. The van der Waals surface area contributed by atoms with Crippen LogP contribution in [-0.2, 0) is 11.2 Å². The predicted octanol–water partition coefficient (Wildman–Crippen LogP) is 3.96. The topological polar surface area (TPSA) is 94.1 Å². The number of ether oxygens (including phenoxy) is 1. The normalized spacial score (nSPS) is 20.8. The molecule has 1 aliphatic carbocycles. The van der Waals surface area contributed by atoms with E-state index in [1.54, 1.807) is 23.1 Å². The number of fused-ring (bicyclic) bond motifs is 1. The zero-order valence-electron chi connectivity index (χ0n) is 21.7. The predicted molar refractivity (Wildman–Crippen MR) is 141 cm³/mol. The first-order valence-electron chi connectivity index (χ1n) is 12.9. The quantitative estimate of drug-likeness (QED) is 0.498. The van der Waals surface area contributed by atoms with Crippen LogP contribution in [0, 0.1) is 17.7 Å². The van der Waals surface area contributed by atoms with Gasteiger partial charge in [-0.25, -0.2) is 9.18 Å². The fourth-order valence-electron chi connectivity index (χ4n) is 4.67. The van der Waals surface area contributed by atoms with Gasteiger partial charge >= 0.3 is 6.03 Å². The van der Waals surface area contributed by atoms with Gasteiger partial charge in [-0.1, -0.05) is 6.92 Å². The van der Waals surface area contributed by atoms with Gasteiger partial charge in [0.1, 0.15) is 17.7 Å². The third-order valence-corrected chi connectivity index (χ3v) is 7.03.